The number of rotatable bonds is 4. The van der Waals surface area contributed by atoms with Crippen molar-refractivity contribution in [2.45, 2.75) is 19.9 Å². The molecule has 0 aliphatic carbocycles. The maximum atomic E-state index is 12.2. The van der Waals surface area contributed by atoms with Crippen LogP contribution >= 0.6 is 15.9 Å². The van der Waals surface area contributed by atoms with Gasteiger partial charge in [0.2, 0.25) is 11.8 Å². The molecule has 2 amide bonds. The lowest BCUT2D eigenvalue weighted by Gasteiger charge is -2.19. The third-order valence-corrected chi connectivity index (χ3v) is 3.99. The highest BCUT2D eigenvalue weighted by molar-refractivity contribution is 9.10. The summed E-state index contributed by atoms with van der Waals surface area (Å²) in [5.41, 5.74) is -0.0533. The summed E-state index contributed by atoms with van der Waals surface area (Å²) in [6, 6.07) is 5.60. The predicted octanol–water partition coefficient (Wildman–Crippen LogP) is 1.60. The molecule has 6 heteroatoms. The van der Waals surface area contributed by atoms with Gasteiger partial charge in [0.05, 0.1) is 7.11 Å². The molecule has 0 radical (unpaired) electrons. The molecule has 1 unspecified atom stereocenters. The van der Waals surface area contributed by atoms with E-state index in [1.54, 1.807) is 14.0 Å². The summed E-state index contributed by atoms with van der Waals surface area (Å²) < 4.78 is 6.05. The minimum absolute atomic E-state index is 0.207. The van der Waals surface area contributed by atoms with E-state index < -0.39 is 5.41 Å². The van der Waals surface area contributed by atoms with Gasteiger partial charge in [-0.2, -0.15) is 0 Å². The van der Waals surface area contributed by atoms with Crippen molar-refractivity contribution in [2.75, 3.05) is 13.7 Å². The first-order valence-corrected chi connectivity index (χ1v) is 7.15. The number of ether oxygens (including phenoxy) is 1. The van der Waals surface area contributed by atoms with Crippen LogP contribution in [-0.4, -0.2) is 25.5 Å². The summed E-state index contributed by atoms with van der Waals surface area (Å²) in [7, 11) is 1.59. The fraction of sp³-hybridized carbons (Fsp3) is 0.429. The topological polar surface area (TPSA) is 67.4 Å². The molecule has 5 nitrogen and oxygen atoms in total. The number of hydrogen-bond acceptors (Lipinski definition) is 3. The molecule has 2 rings (SSSR count). The Morgan fingerprint density at radius 2 is 2.25 bits per heavy atom. The number of amides is 2. The van der Waals surface area contributed by atoms with Gasteiger partial charge in [-0.3, -0.25) is 9.59 Å². The van der Waals surface area contributed by atoms with Crippen molar-refractivity contribution >= 4 is 27.7 Å². The van der Waals surface area contributed by atoms with Crippen molar-refractivity contribution < 1.29 is 14.3 Å². The van der Waals surface area contributed by atoms with Crippen LogP contribution in [-0.2, 0) is 16.1 Å². The molecule has 1 aromatic rings. The maximum absolute atomic E-state index is 12.2. The van der Waals surface area contributed by atoms with Crippen LogP contribution in [0.1, 0.15) is 18.9 Å². The largest absolute Gasteiger partial charge is 0.497 e. The highest BCUT2D eigenvalue weighted by Crippen LogP contribution is 2.26. The Kier molecular flexibility index (Phi) is 4.32. The molecule has 1 fully saturated rings. The van der Waals surface area contributed by atoms with E-state index >= 15 is 0 Å². The molecule has 0 saturated carbocycles. The molecule has 1 saturated heterocycles. The summed E-state index contributed by atoms with van der Waals surface area (Å²) >= 11 is 3.39. The van der Waals surface area contributed by atoms with Gasteiger partial charge in [-0.05, 0) is 37.1 Å². The molecular weight excluding hydrogens is 324 g/mol. The third kappa shape index (κ3) is 2.95. The van der Waals surface area contributed by atoms with E-state index in [9.17, 15) is 9.59 Å². The second-order valence-electron chi connectivity index (χ2n) is 5.02. The molecule has 2 N–H and O–H groups in total. The fourth-order valence-corrected chi connectivity index (χ4v) is 2.69. The summed E-state index contributed by atoms with van der Waals surface area (Å²) in [6.45, 7) is 2.58. The Hall–Kier alpha value is -1.56. The van der Waals surface area contributed by atoms with Crippen LogP contribution in [0, 0.1) is 5.41 Å². The number of benzene rings is 1. The zero-order valence-corrected chi connectivity index (χ0v) is 13.0. The van der Waals surface area contributed by atoms with E-state index in [0.717, 1.165) is 10.0 Å². The maximum Gasteiger partial charge on any atom is 0.235 e. The van der Waals surface area contributed by atoms with Gasteiger partial charge in [-0.1, -0.05) is 15.9 Å². The normalized spacial score (nSPS) is 21.4. The van der Waals surface area contributed by atoms with Crippen LogP contribution < -0.4 is 15.4 Å². The molecular formula is C14H17BrN2O3. The van der Waals surface area contributed by atoms with Crippen molar-refractivity contribution in [1.82, 2.24) is 10.6 Å². The van der Waals surface area contributed by atoms with E-state index in [-0.39, 0.29) is 11.8 Å². The van der Waals surface area contributed by atoms with E-state index in [1.165, 1.54) is 0 Å². The minimum atomic E-state index is -0.962. The first-order valence-electron chi connectivity index (χ1n) is 6.36. The van der Waals surface area contributed by atoms with Crippen molar-refractivity contribution in [3.8, 4) is 5.75 Å². The van der Waals surface area contributed by atoms with Crippen molar-refractivity contribution in [3.05, 3.63) is 28.2 Å². The summed E-state index contributed by atoms with van der Waals surface area (Å²) in [5.74, 6) is 0.265. The zero-order chi connectivity index (χ0) is 14.8. The number of halogens is 1. The highest BCUT2D eigenvalue weighted by Gasteiger charge is 2.44. The van der Waals surface area contributed by atoms with Crippen LogP contribution in [0.4, 0.5) is 0 Å². The second-order valence-corrected chi connectivity index (χ2v) is 5.94. The zero-order valence-electron chi connectivity index (χ0n) is 11.5. The Labute approximate surface area is 126 Å². The van der Waals surface area contributed by atoms with Gasteiger partial charge in [-0.25, -0.2) is 0 Å². The Bertz CT molecular complexity index is 547. The van der Waals surface area contributed by atoms with E-state index in [0.29, 0.717) is 25.3 Å². The van der Waals surface area contributed by atoms with Gasteiger partial charge in [-0.15, -0.1) is 0 Å². The monoisotopic (exact) mass is 340 g/mol. The van der Waals surface area contributed by atoms with Crippen LogP contribution in [0.5, 0.6) is 5.75 Å². The molecule has 20 heavy (non-hydrogen) atoms. The molecule has 1 aliphatic heterocycles. The lowest BCUT2D eigenvalue weighted by Crippen LogP contribution is -2.43. The molecule has 1 aliphatic rings. The van der Waals surface area contributed by atoms with Gasteiger partial charge < -0.3 is 15.4 Å². The SMILES string of the molecule is COc1cc(Br)cc(CNC(=O)C2(C)CCNC2=O)c1. The van der Waals surface area contributed by atoms with E-state index in [2.05, 4.69) is 26.6 Å². The fourth-order valence-electron chi connectivity index (χ4n) is 2.17. The number of methoxy groups -OCH3 is 1. The van der Waals surface area contributed by atoms with Crippen molar-refractivity contribution in [2.24, 2.45) is 5.41 Å². The first kappa shape index (κ1) is 14.8. The van der Waals surface area contributed by atoms with Gasteiger partial charge in [0.1, 0.15) is 11.2 Å². The molecule has 1 atom stereocenters. The number of carbonyl (C=O) groups is 2. The van der Waals surface area contributed by atoms with Crippen molar-refractivity contribution in [1.29, 1.82) is 0 Å². The molecule has 108 valence electrons. The molecule has 1 heterocycles. The van der Waals surface area contributed by atoms with Crippen molar-refractivity contribution in [3.63, 3.8) is 0 Å². The van der Waals surface area contributed by atoms with Gasteiger partial charge in [0.25, 0.3) is 0 Å². The molecule has 0 spiro atoms. The van der Waals surface area contributed by atoms with Gasteiger partial charge in [0.15, 0.2) is 0 Å². The summed E-state index contributed by atoms with van der Waals surface area (Å²) in [4.78, 5) is 23.9. The van der Waals surface area contributed by atoms with E-state index in [1.807, 2.05) is 18.2 Å². The van der Waals surface area contributed by atoms with Gasteiger partial charge in [0, 0.05) is 17.6 Å². The standard InChI is InChI=1S/C14H17BrN2O3/c1-14(3-4-16-12(14)18)13(19)17-8-9-5-10(15)7-11(6-9)20-2/h5-7H,3-4,8H2,1-2H3,(H,16,18)(H,17,19). The summed E-state index contributed by atoms with van der Waals surface area (Å²) in [6.07, 6.45) is 0.527. The predicted molar refractivity (Wildman–Crippen MR) is 78.3 cm³/mol. The highest BCUT2D eigenvalue weighted by atomic mass is 79.9. The number of carbonyl (C=O) groups excluding carboxylic acids is 2. The number of hydrogen-bond donors (Lipinski definition) is 2. The minimum Gasteiger partial charge on any atom is -0.497 e. The quantitative estimate of drug-likeness (QED) is 0.818. The van der Waals surface area contributed by atoms with Crippen LogP contribution in [0.3, 0.4) is 0 Å². The lowest BCUT2D eigenvalue weighted by molar-refractivity contribution is -0.139. The Balaban J connectivity index is 2.03. The first-order chi connectivity index (χ1) is 9.45. The average molecular weight is 341 g/mol. The summed E-state index contributed by atoms with van der Waals surface area (Å²) in [5, 5.41) is 5.50. The van der Waals surface area contributed by atoms with E-state index in [4.69, 9.17) is 4.74 Å². The van der Waals surface area contributed by atoms with Crippen LogP contribution in [0.25, 0.3) is 0 Å². The Morgan fingerprint density at radius 3 is 2.85 bits per heavy atom. The molecule has 0 aromatic heterocycles. The number of nitrogens with one attached hydrogen (secondary N) is 2. The van der Waals surface area contributed by atoms with Crippen LogP contribution in [0.15, 0.2) is 22.7 Å². The average Bonchev–Trinajstić information content (AvgIpc) is 2.76. The lowest BCUT2D eigenvalue weighted by atomic mass is 9.88. The smallest absolute Gasteiger partial charge is 0.235 e. The third-order valence-electron chi connectivity index (χ3n) is 3.53. The van der Waals surface area contributed by atoms with Gasteiger partial charge >= 0.3 is 0 Å². The molecule has 0 bridgehead atoms. The molecule has 1 aromatic carbocycles. The van der Waals surface area contributed by atoms with Crippen LogP contribution in [0.2, 0.25) is 0 Å². The second kappa shape index (κ2) is 5.83. The Morgan fingerprint density at radius 1 is 1.50 bits per heavy atom.